The van der Waals surface area contributed by atoms with Crippen LogP contribution in [-0.2, 0) is 42.7 Å². The molecule has 1 amide bonds. The molecule has 4 aliphatic heterocycles. The van der Waals surface area contributed by atoms with Crippen molar-refractivity contribution in [1.82, 2.24) is 5.32 Å². The molecule has 4 rings (SSSR count). The molecular formula is C25H41NO21. The summed E-state index contributed by atoms with van der Waals surface area (Å²) >= 11 is 0. The molecule has 22 heteroatoms. The Balaban J connectivity index is 1.51. The standard InChI is InChI=1S/C25H41NO21/c1-5(30)26-9-18(10(31)6(2-27)41-22(9)40)45-23-16(37)14(35)17(8(4-29)43-23)44-25-20(11(32)7(3-28)42-25)47-24-15(36)12(33)13(34)19(46-24)21(38)39/h6-20,22-25,27-29,31-37,40H,2-4H2,1H3,(H,26,30)(H,38,39)/t6-,7-,8-,9-,10+,11-,12+,13-,14-,15-,16-,17+,18-,19+,20-,22-,23+,24-,25+/m1/s1. The lowest BCUT2D eigenvalue weighted by atomic mass is 9.95. The van der Waals surface area contributed by atoms with Crippen LogP contribution >= 0.6 is 0 Å². The Bertz CT molecular complexity index is 1050. The van der Waals surface area contributed by atoms with Gasteiger partial charge in [0.25, 0.3) is 0 Å². The number of nitrogens with one attached hydrogen (secondary N) is 1. The first-order valence-corrected chi connectivity index (χ1v) is 14.5. The van der Waals surface area contributed by atoms with Gasteiger partial charge in [-0.3, -0.25) is 4.79 Å². The number of aliphatic carboxylic acids is 1. The molecule has 0 bridgehead atoms. The molecule has 272 valence electrons. The molecule has 0 aliphatic carbocycles. The zero-order chi connectivity index (χ0) is 34.9. The zero-order valence-electron chi connectivity index (χ0n) is 24.6. The number of carboxylic acid groups (broad SMARTS) is 1. The van der Waals surface area contributed by atoms with E-state index in [1.54, 1.807) is 0 Å². The fourth-order valence-electron chi connectivity index (χ4n) is 5.70. The van der Waals surface area contributed by atoms with Gasteiger partial charge in [0.2, 0.25) is 5.91 Å². The summed E-state index contributed by atoms with van der Waals surface area (Å²) in [5, 5.41) is 125. The van der Waals surface area contributed by atoms with Crippen LogP contribution in [-0.4, -0.2) is 210 Å². The average Bonchev–Trinajstić information content (AvgIpc) is 3.32. The minimum Gasteiger partial charge on any atom is -0.479 e. The number of carboxylic acids is 1. The van der Waals surface area contributed by atoms with Crippen LogP contribution in [0.2, 0.25) is 0 Å². The molecule has 13 N–H and O–H groups in total. The van der Waals surface area contributed by atoms with E-state index in [-0.39, 0.29) is 0 Å². The van der Waals surface area contributed by atoms with E-state index in [1.165, 1.54) is 0 Å². The van der Waals surface area contributed by atoms with Crippen LogP contribution < -0.4 is 5.32 Å². The van der Waals surface area contributed by atoms with Crippen LogP contribution in [0.25, 0.3) is 0 Å². The SMILES string of the molecule is CC(=O)N[C@@H]1[C@@H](O[C@@H]2O[C@H](CO)[C@H](O[C@@H]3O[C@H](CO)[C@@H](O)[C@H]3O[C@H]3O[C@H](C(=O)O)[C@H](O)[C@H](O)[C@H]3O)[C@H](O)[C@H]2O)[C@@H](O)[C@@H](CO)O[C@H]1O. The third-order valence-corrected chi connectivity index (χ3v) is 8.22. The normalized spacial score (nSPS) is 49.1. The Labute approximate surface area is 265 Å². The number of aliphatic hydroxyl groups excluding tert-OH is 11. The molecule has 4 fully saturated rings. The van der Waals surface area contributed by atoms with Gasteiger partial charge in [0.15, 0.2) is 31.3 Å². The molecule has 0 radical (unpaired) electrons. The lowest BCUT2D eigenvalue weighted by molar-refractivity contribution is -0.362. The van der Waals surface area contributed by atoms with Gasteiger partial charge in [-0.25, -0.2) is 4.79 Å². The summed E-state index contributed by atoms with van der Waals surface area (Å²) in [5.74, 6) is -2.40. The lowest BCUT2D eigenvalue weighted by Gasteiger charge is -2.47. The molecule has 4 saturated heterocycles. The maximum atomic E-state index is 11.7. The van der Waals surface area contributed by atoms with Gasteiger partial charge in [0.05, 0.1) is 19.8 Å². The number of carbonyl (C=O) groups excluding carboxylic acids is 1. The molecule has 22 nitrogen and oxygen atoms in total. The number of aliphatic hydroxyl groups is 11. The van der Waals surface area contributed by atoms with Crippen LogP contribution in [0.5, 0.6) is 0 Å². The number of rotatable bonds is 11. The maximum absolute atomic E-state index is 11.7. The number of hydrogen-bond acceptors (Lipinski definition) is 20. The number of ether oxygens (including phenoxy) is 7. The van der Waals surface area contributed by atoms with Crippen LogP contribution in [0.1, 0.15) is 6.92 Å². The molecule has 0 spiro atoms. The summed E-state index contributed by atoms with van der Waals surface area (Å²) in [6.07, 6.45) is -32.8. The van der Waals surface area contributed by atoms with Gasteiger partial charge in [-0.05, 0) is 0 Å². The quantitative estimate of drug-likeness (QED) is 0.0956. The fraction of sp³-hybridized carbons (Fsp3) is 0.920. The van der Waals surface area contributed by atoms with Gasteiger partial charge in [-0.1, -0.05) is 0 Å². The third-order valence-electron chi connectivity index (χ3n) is 8.22. The topological polar surface area (TPSA) is 354 Å². The van der Waals surface area contributed by atoms with E-state index < -0.39 is 148 Å². The van der Waals surface area contributed by atoms with E-state index in [1.807, 2.05) is 0 Å². The zero-order valence-corrected chi connectivity index (χ0v) is 24.6. The second-order valence-corrected chi connectivity index (χ2v) is 11.4. The summed E-state index contributed by atoms with van der Waals surface area (Å²) < 4.78 is 38.0. The Morgan fingerprint density at radius 3 is 1.64 bits per heavy atom. The van der Waals surface area contributed by atoms with Crippen molar-refractivity contribution in [2.75, 3.05) is 19.8 Å². The third kappa shape index (κ3) is 7.85. The first kappa shape index (κ1) is 38.0. The minimum atomic E-state index is -2.07. The molecule has 0 unspecified atom stereocenters. The summed E-state index contributed by atoms with van der Waals surface area (Å²) in [6.45, 7) is -1.46. The van der Waals surface area contributed by atoms with Crippen molar-refractivity contribution in [2.45, 2.75) is 124 Å². The summed E-state index contributed by atoms with van der Waals surface area (Å²) in [4.78, 5) is 23.2. The van der Waals surface area contributed by atoms with Crippen molar-refractivity contribution in [2.24, 2.45) is 0 Å². The highest BCUT2D eigenvalue weighted by molar-refractivity contribution is 5.73. The van der Waals surface area contributed by atoms with Crippen LogP contribution in [0, 0.1) is 0 Å². The second kappa shape index (κ2) is 15.8. The molecule has 0 aromatic carbocycles. The maximum Gasteiger partial charge on any atom is 0.335 e. The predicted octanol–water partition coefficient (Wildman–Crippen LogP) is -8.87. The Kier molecular flexibility index (Phi) is 12.8. The minimum absolute atomic E-state index is 0.681. The first-order chi connectivity index (χ1) is 22.1. The molecule has 0 aromatic rings. The summed E-state index contributed by atoms with van der Waals surface area (Å²) in [6, 6.07) is -1.46. The predicted molar refractivity (Wildman–Crippen MR) is 140 cm³/mol. The Morgan fingerprint density at radius 1 is 0.574 bits per heavy atom. The molecule has 47 heavy (non-hydrogen) atoms. The number of amides is 1. The van der Waals surface area contributed by atoms with E-state index >= 15 is 0 Å². The monoisotopic (exact) mass is 691 g/mol. The molecule has 0 aromatic heterocycles. The van der Waals surface area contributed by atoms with E-state index in [9.17, 15) is 70.9 Å². The number of hydrogen-bond donors (Lipinski definition) is 13. The van der Waals surface area contributed by atoms with E-state index in [0.717, 1.165) is 6.92 Å². The molecule has 0 saturated carbocycles. The Morgan fingerprint density at radius 2 is 1.06 bits per heavy atom. The van der Waals surface area contributed by atoms with Gasteiger partial charge < -0.3 is 99.8 Å². The van der Waals surface area contributed by atoms with Crippen molar-refractivity contribution in [3.63, 3.8) is 0 Å². The van der Waals surface area contributed by atoms with Crippen molar-refractivity contribution in [3.05, 3.63) is 0 Å². The van der Waals surface area contributed by atoms with Crippen molar-refractivity contribution >= 4 is 11.9 Å². The molecule has 4 aliphatic rings. The van der Waals surface area contributed by atoms with Crippen LogP contribution in [0.15, 0.2) is 0 Å². The van der Waals surface area contributed by atoms with Crippen molar-refractivity contribution in [3.8, 4) is 0 Å². The first-order valence-electron chi connectivity index (χ1n) is 14.5. The fourth-order valence-corrected chi connectivity index (χ4v) is 5.70. The average molecular weight is 692 g/mol. The van der Waals surface area contributed by atoms with Gasteiger partial charge in [-0.2, -0.15) is 0 Å². The van der Waals surface area contributed by atoms with Crippen LogP contribution in [0.4, 0.5) is 0 Å². The molecular weight excluding hydrogens is 650 g/mol. The molecule has 19 atom stereocenters. The van der Waals surface area contributed by atoms with Gasteiger partial charge >= 0.3 is 5.97 Å². The highest BCUT2D eigenvalue weighted by Gasteiger charge is 2.56. The Hall–Kier alpha value is -1.78. The molecule has 4 heterocycles. The summed E-state index contributed by atoms with van der Waals surface area (Å²) in [7, 11) is 0. The van der Waals surface area contributed by atoms with Gasteiger partial charge in [0.1, 0.15) is 85.4 Å². The van der Waals surface area contributed by atoms with Crippen molar-refractivity contribution in [1.29, 1.82) is 0 Å². The highest BCUT2D eigenvalue weighted by atomic mass is 16.8. The smallest absolute Gasteiger partial charge is 0.335 e. The summed E-state index contributed by atoms with van der Waals surface area (Å²) in [5.41, 5.74) is 0. The second-order valence-electron chi connectivity index (χ2n) is 11.4. The van der Waals surface area contributed by atoms with Gasteiger partial charge in [-0.15, -0.1) is 0 Å². The van der Waals surface area contributed by atoms with Crippen molar-refractivity contribution < 1.29 is 104 Å². The van der Waals surface area contributed by atoms with E-state index in [4.69, 9.17) is 33.2 Å². The number of carbonyl (C=O) groups is 2. The largest absolute Gasteiger partial charge is 0.479 e. The van der Waals surface area contributed by atoms with Gasteiger partial charge in [0, 0.05) is 6.92 Å². The van der Waals surface area contributed by atoms with E-state index in [0.29, 0.717) is 0 Å². The lowest BCUT2D eigenvalue weighted by Crippen LogP contribution is -2.68. The van der Waals surface area contributed by atoms with E-state index in [2.05, 4.69) is 5.32 Å². The van der Waals surface area contributed by atoms with Crippen LogP contribution in [0.3, 0.4) is 0 Å². The highest BCUT2D eigenvalue weighted by Crippen LogP contribution is 2.35.